The maximum absolute atomic E-state index is 13.8. The summed E-state index contributed by atoms with van der Waals surface area (Å²) in [5, 5.41) is 3.23. The standard InChI is InChI=1S/C23H29FN2O/c1-3-22(18-10-8-17(2)9-11-18)25-23(27)19-12-14-26(15-13-19)16-20-6-4-5-7-21(20)24/h4-11,19,22H,3,12-16H2,1-2H3,(H,25,27). The van der Waals surface area contributed by atoms with E-state index in [1.165, 1.54) is 11.6 Å². The number of hydrogen-bond acceptors (Lipinski definition) is 2. The summed E-state index contributed by atoms with van der Waals surface area (Å²) in [7, 11) is 0. The van der Waals surface area contributed by atoms with Gasteiger partial charge in [0.05, 0.1) is 6.04 Å². The van der Waals surface area contributed by atoms with Gasteiger partial charge in [-0.1, -0.05) is 55.0 Å². The Morgan fingerprint density at radius 1 is 1.15 bits per heavy atom. The molecule has 1 heterocycles. The summed E-state index contributed by atoms with van der Waals surface area (Å²) in [4.78, 5) is 15.0. The monoisotopic (exact) mass is 368 g/mol. The van der Waals surface area contributed by atoms with E-state index in [1.54, 1.807) is 6.07 Å². The molecule has 1 saturated heterocycles. The summed E-state index contributed by atoms with van der Waals surface area (Å²) in [6.45, 7) is 6.43. The minimum Gasteiger partial charge on any atom is -0.349 e. The number of rotatable bonds is 6. The predicted octanol–water partition coefficient (Wildman–Crippen LogP) is 4.61. The van der Waals surface area contributed by atoms with Gasteiger partial charge in [-0.05, 0) is 50.9 Å². The molecule has 2 aromatic rings. The molecule has 0 aromatic heterocycles. The lowest BCUT2D eigenvalue weighted by Crippen LogP contribution is -2.41. The van der Waals surface area contributed by atoms with E-state index in [0.29, 0.717) is 6.54 Å². The van der Waals surface area contributed by atoms with Crippen molar-refractivity contribution in [3.8, 4) is 0 Å². The predicted molar refractivity (Wildman–Crippen MR) is 107 cm³/mol. The number of halogens is 1. The van der Waals surface area contributed by atoms with Gasteiger partial charge >= 0.3 is 0 Å². The third-order valence-corrected chi connectivity index (χ3v) is 5.51. The van der Waals surface area contributed by atoms with Crippen molar-refractivity contribution >= 4 is 5.91 Å². The van der Waals surface area contributed by atoms with Gasteiger partial charge in [0, 0.05) is 18.0 Å². The van der Waals surface area contributed by atoms with Crippen LogP contribution < -0.4 is 5.32 Å². The number of nitrogens with one attached hydrogen (secondary N) is 1. The molecule has 0 bridgehead atoms. The lowest BCUT2D eigenvalue weighted by molar-refractivity contribution is -0.127. The molecular formula is C23H29FN2O. The van der Waals surface area contributed by atoms with Crippen LogP contribution in [-0.2, 0) is 11.3 Å². The molecule has 1 aliphatic rings. The highest BCUT2D eigenvalue weighted by Gasteiger charge is 2.26. The number of piperidine rings is 1. The lowest BCUT2D eigenvalue weighted by atomic mass is 9.94. The number of carbonyl (C=O) groups excluding carboxylic acids is 1. The molecule has 2 aromatic carbocycles. The molecule has 1 unspecified atom stereocenters. The van der Waals surface area contributed by atoms with Crippen LogP contribution in [0.4, 0.5) is 4.39 Å². The SMILES string of the molecule is CCC(NC(=O)C1CCN(Cc2ccccc2F)CC1)c1ccc(C)cc1. The van der Waals surface area contributed by atoms with Crippen LogP contribution in [0.3, 0.4) is 0 Å². The second kappa shape index (κ2) is 9.14. The van der Waals surface area contributed by atoms with Crippen LogP contribution in [-0.4, -0.2) is 23.9 Å². The molecular weight excluding hydrogens is 339 g/mol. The van der Waals surface area contributed by atoms with Gasteiger partial charge in [-0.15, -0.1) is 0 Å². The fourth-order valence-corrected chi connectivity index (χ4v) is 3.73. The van der Waals surface area contributed by atoms with E-state index in [-0.39, 0.29) is 23.7 Å². The van der Waals surface area contributed by atoms with Crippen LogP contribution in [0.5, 0.6) is 0 Å². The molecule has 0 aliphatic carbocycles. The maximum atomic E-state index is 13.8. The third-order valence-electron chi connectivity index (χ3n) is 5.51. The van der Waals surface area contributed by atoms with E-state index in [1.807, 2.05) is 12.1 Å². The Balaban J connectivity index is 1.52. The maximum Gasteiger partial charge on any atom is 0.223 e. The van der Waals surface area contributed by atoms with Crippen LogP contribution in [0.2, 0.25) is 0 Å². The second-order valence-corrected chi connectivity index (χ2v) is 7.52. The average Bonchev–Trinajstić information content (AvgIpc) is 2.69. The van der Waals surface area contributed by atoms with Crippen LogP contribution in [0.15, 0.2) is 48.5 Å². The molecule has 0 saturated carbocycles. The molecule has 3 rings (SSSR count). The third kappa shape index (κ3) is 5.16. The number of benzene rings is 2. The van der Waals surface area contributed by atoms with Crippen molar-refractivity contribution in [3.63, 3.8) is 0 Å². The van der Waals surface area contributed by atoms with Crippen LogP contribution >= 0.6 is 0 Å². The molecule has 1 aliphatic heterocycles. The van der Waals surface area contributed by atoms with Crippen molar-refractivity contribution in [3.05, 3.63) is 71.0 Å². The largest absolute Gasteiger partial charge is 0.349 e. The van der Waals surface area contributed by atoms with Gasteiger partial charge in [0.15, 0.2) is 0 Å². The topological polar surface area (TPSA) is 32.3 Å². The van der Waals surface area contributed by atoms with E-state index >= 15 is 0 Å². The zero-order valence-electron chi connectivity index (χ0n) is 16.2. The van der Waals surface area contributed by atoms with E-state index < -0.39 is 0 Å². The smallest absolute Gasteiger partial charge is 0.223 e. The normalized spacial score (nSPS) is 16.9. The van der Waals surface area contributed by atoms with Crippen LogP contribution in [0.1, 0.15) is 48.9 Å². The van der Waals surface area contributed by atoms with Gasteiger partial charge in [0.25, 0.3) is 0 Å². The first-order valence-electron chi connectivity index (χ1n) is 9.89. The second-order valence-electron chi connectivity index (χ2n) is 7.52. The number of nitrogens with zero attached hydrogens (tertiary/aromatic N) is 1. The summed E-state index contributed by atoms with van der Waals surface area (Å²) in [5.41, 5.74) is 3.11. The average molecular weight is 368 g/mol. The fourth-order valence-electron chi connectivity index (χ4n) is 3.73. The van der Waals surface area contributed by atoms with E-state index in [2.05, 4.69) is 48.3 Å². The zero-order chi connectivity index (χ0) is 19.2. The Bertz CT molecular complexity index is 751. The Morgan fingerprint density at radius 2 is 1.81 bits per heavy atom. The van der Waals surface area contributed by atoms with Gasteiger partial charge < -0.3 is 5.32 Å². The number of amides is 1. The highest BCUT2D eigenvalue weighted by molar-refractivity contribution is 5.79. The van der Waals surface area contributed by atoms with Crippen molar-refractivity contribution in [2.45, 2.75) is 45.7 Å². The number of hydrogen-bond donors (Lipinski definition) is 1. The van der Waals surface area contributed by atoms with Crippen molar-refractivity contribution in [1.82, 2.24) is 10.2 Å². The summed E-state index contributed by atoms with van der Waals surface area (Å²) in [6.07, 6.45) is 2.52. The van der Waals surface area contributed by atoms with Crippen LogP contribution in [0, 0.1) is 18.7 Å². The van der Waals surface area contributed by atoms with Gasteiger partial charge in [-0.2, -0.15) is 0 Å². The first kappa shape index (κ1) is 19.6. The highest BCUT2D eigenvalue weighted by Crippen LogP contribution is 2.23. The molecule has 144 valence electrons. The fraction of sp³-hybridized carbons (Fsp3) is 0.435. The quantitative estimate of drug-likeness (QED) is 0.807. The van der Waals surface area contributed by atoms with Crippen molar-refractivity contribution in [2.24, 2.45) is 5.92 Å². The van der Waals surface area contributed by atoms with Crippen LogP contribution in [0.25, 0.3) is 0 Å². The summed E-state index contributed by atoms with van der Waals surface area (Å²) in [5.74, 6) is 0.0376. The first-order valence-corrected chi connectivity index (χ1v) is 9.89. The Morgan fingerprint density at radius 3 is 2.44 bits per heavy atom. The minimum absolute atomic E-state index is 0.0429. The van der Waals surface area contributed by atoms with Gasteiger partial charge in [-0.3, -0.25) is 9.69 Å². The molecule has 0 spiro atoms. The minimum atomic E-state index is -0.152. The number of carbonyl (C=O) groups is 1. The lowest BCUT2D eigenvalue weighted by Gasteiger charge is -2.32. The summed E-state index contributed by atoms with van der Waals surface area (Å²) < 4.78 is 13.8. The Kier molecular flexibility index (Phi) is 6.62. The van der Waals surface area contributed by atoms with Crippen molar-refractivity contribution in [2.75, 3.05) is 13.1 Å². The van der Waals surface area contributed by atoms with Crippen molar-refractivity contribution < 1.29 is 9.18 Å². The van der Waals surface area contributed by atoms with Gasteiger partial charge in [0.2, 0.25) is 5.91 Å². The number of aryl methyl sites for hydroxylation is 1. The molecule has 3 nitrogen and oxygen atoms in total. The van der Waals surface area contributed by atoms with Crippen molar-refractivity contribution in [1.29, 1.82) is 0 Å². The molecule has 27 heavy (non-hydrogen) atoms. The molecule has 4 heteroatoms. The number of likely N-dealkylation sites (tertiary alicyclic amines) is 1. The van der Waals surface area contributed by atoms with E-state index in [9.17, 15) is 9.18 Å². The molecule has 1 atom stereocenters. The van der Waals surface area contributed by atoms with Gasteiger partial charge in [-0.25, -0.2) is 4.39 Å². The van der Waals surface area contributed by atoms with E-state index in [4.69, 9.17) is 0 Å². The molecule has 1 fully saturated rings. The Labute approximate surface area is 161 Å². The molecule has 1 amide bonds. The Hall–Kier alpha value is -2.20. The summed E-state index contributed by atoms with van der Waals surface area (Å²) in [6, 6.07) is 15.4. The molecule has 0 radical (unpaired) electrons. The highest BCUT2D eigenvalue weighted by atomic mass is 19.1. The van der Waals surface area contributed by atoms with Gasteiger partial charge in [0.1, 0.15) is 5.82 Å². The molecule has 1 N–H and O–H groups in total. The first-order chi connectivity index (χ1) is 13.1. The summed E-state index contributed by atoms with van der Waals surface area (Å²) >= 11 is 0. The van der Waals surface area contributed by atoms with E-state index in [0.717, 1.165) is 43.5 Å². The zero-order valence-corrected chi connectivity index (χ0v) is 16.2.